The van der Waals surface area contributed by atoms with E-state index in [1.165, 1.54) is 12.8 Å². The lowest BCUT2D eigenvalue weighted by Gasteiger charge is -2.10. The summed E-state index contributed by atoms with van der Waals surface area (Å²) in [6.07, 6.45) is 4.73. The van der Waals surface area contributed by atoms with Crippen LogP contribution in [0.4, 0.5) is 0 Å². The molecule has 0 bridgehead atoms. The van der Waals surface area contributed by atoms with Gasteiger partial charge in [-0.25, -0.2) is 0 Å². The number of nitrogens with two attached hydrogens (primary N) is 1. The van der Waals surface area contributed by atoms with Gasteiger partial charge in [0, 0.05) is 12.3 Å². The smallest absolute Gasteiger partial charge is 0.0215 e. The summed E-state index contributed by atoms with van der Waals surface area (Å²) in [5.74, 6) is 6.92. The molecule has 0 radical (unpaired) electrons. The van der Waals surface area contributed by atoms with Crippen LogP contribution >= 0.6 is 0 Å². The summed E-state index contributed by atoms with van der Waals surface area (Å²) >= 11 is 0. The van der Waals surface area contributed by atoms with Crippen LogP contribution in [0.1, 0.15) is 25.7 Å². The highest BCUT2D eigenvalue weighted by molar-refractivity contribution is 5.06. The lowest BCUT2D eigenvalue weighted by Crippen LogP contribution is -2.08. The molecule has 0 amide bonds. The van der Waals surface area contributed by atoms with Crippen molar-refractivity contribution in [3.63, 3.8) is 0 Å². The van der Waals surface area contributed by atoms with E-state index in [0.717, 1.165) is 19.4 Å². The van der Waals surface area contributed by atoms with E-state index in [9.17, 15) is 0 Å². The van der Waals surface area contributed by atoms with Crippen LogP contribution in [-0.4, -0.2) is 6.54 Å². The summed E-state index contributed by atoms with van der Waals surface area (Å²) in [6.45, 7) is 0.791. The molecule has 1 nitrogen and oxygen atoms in total. The van der Waals surface area contributed by atoms with Gasteiger partial charge >= 0.3 is 0 Å². The molecule has 1 atom stereocenters. The van der Waals surface area contributed by atoms with E-state index in [4.69, 9.17) is 5.73 Å². The molecule has 1 unspecified atom stereocenters. The zero-order valence-electron chi connectivity index (χ0n) is 5.69. The maximum Gasteiger partial charge on any atom is 0.0215 e. The first-order valence-electron chi connectivity index (χ1n) is 3.62. The zero-order valence-corrected chi connectivity index (χ0v) is 5.69. The lowest BCUT2D eigenvalue weighted by molar-refractivity contribution is 0.537. The highest BCUT2D eigenvalue weighted by Gasteiger charge is 2.05. The van der Waals surface area contributed by atoms with E-state index in [1.807, 2.05) is 0 Å². The number of hydrogen-bond acceptors (Lipinski definition) is 1. The van der Waals surface area contributed by atoms with Gasteiger partial charge in [-0.1, -0.05) is 5.92 Å². The fraction of sp³-hybridized carbons (Fsp3) is 0.750. The van der Waals surface area contributed by atoms with Crippen molar-refractivity contribution in [2.24, 2.45) is 11.7 Å². The van der Waals surface area contributed by atoms with Crippen molar-refractivity contribution in [2.75, 3.05) is 6.54 Å². The first kappa shape index (κ1) is 6.64. The molecule has 0 heterocycles. The molecule has 0 saturated carbocycles. The summed E-state index contributed by atoms with van der Waals surface area (Å²) < 4.78 is 0. The third-order valence-electron chi connectivity index (χ3n) is 1.68. The van der Waals surface area contributed by atoms with Crippen LogP contribution in [0.2, 0.25) is 0 Å². The Hall–Kier alpha value is -0.480. The fourth-order valence-electron chi connectivity index (χ4n) is 1.14. The van der Waals surface area contributed by atoms with Crippen molar-refractivity contribution in [1.82, 2.24) is 0 Å². The lowest BCUT2D eigenvalue weighted by atomic mass is 9.95. The van der Waals surface area contributed by atoms with Crippen molar-refractivity contribution in [3.8, 4) is 11.8 Å². The summed E-state index contributed by atoms with van der Waals surface area (Å²) in [7, 11) is 0. The first-order valence-corrected chi connectivity index (χ1v) is 3.62. The number of hydrogen-bond donors (Lipinski definition) is 1. The second-order valence-corrected chi connectivity index (χ2v) is 2.49. The average molecular weight is 123 g/mol. The molecular formula is C8H13N. The van der Waals surface area contributed by atoms with E-state index in [1.54, 1.807) is 0 Å². The Balaban J connectivity index is 2.28. The van der Waals surface area contributed by atoms with Gasteiger partial charge in [-0.3, -0.25) is 0 Å². The molecule has 0 aromatic heterocycles. The molecule has 2 N–H and O–H groups in total. The van der Waals surface area contributed by atoms with Gasteiger partial charge < -0.3 is 5.73 Å². The topological polar surface area (TPSA) is 26.0 Å². The summed E-state index contributed by atoms with van der Waals surface area (Å²) in [6, 6.07) is 0. The Bertz CT molecular complexity index is 129. The Labute approximate surface area is 56.6 Å². The summed E-state index contributed by atoms with van der Waals surface area (Å²) in [5, 5.41) is 0. The van der Waals surface area contributed by atoms with Crippen LogP contribution in [0.3, 0.4) is 0 Å². The van der Waals surface area contributed by atoms with Crippen LogP contribution in [0, 0.1) is 17.8 Å². The molecule has 0 spiro atoms. The van der Waals surface area contributed by atoms with Crippen molar-refractivity contribution >= 4 is 0 Å². The molecule has 1 heteroatoms. The summed E-state index contributed by atoms with van der Waals surface area (Å²) in [4.78, 5) is 0. The standard InChI is InChI=1S/C8H13N/c9-7-6-8-4-2-1-3-5-8/h8H,1-2,4,6-7,9H2. The Morgan fingerprint density at radius 2 is 2.44 bits per heavy atom. The Morgan fingerprint density at radius 1 is 1.56 bits per heavy atom. The zero-order chi connectivity index (χ0) is 6.53. The molecule has 0 aliphatic heterocycles. The van der Waals surface area contributed by atoms with Gasteiger partial charge in [0.25, 0.3) is 0 Å². The fourth-order valence-corrected chi connectivity index (χ4v) is 1.14. The second-order valence-electron chi connectivity index (χ2n) is 2.49. The molecule has 0 aromatic carbocycles. The monoisotopic (exact) mass is 123 g/mol. The minimum absolute atomic E-state index is 0.615. The van der Waals surface area contributed by atoms with Gasteiger partial charge in [0.2, 0.25) is 0 Å². The third kappa shape index (κ3) is 2.07. The maximum atomic E-state index is 5.39. The second kappa shape index (κ2) is 3.53. The average Bonchev–Trinajstić information content (AvgIpc) is 1.91. The molecule has 0 aromatic rings. The molecule has 1 aliphatic carbocycles. The minimum atomic E-state index is 0.615. The van der Waals surface area contributed by atoms with Crippen molar-refractivity contribution in [1.29, 1.82) is 0 Å². The van der Waals surface area contributed by atoms with Gasteiger partial charge in [-0.15, -0.1) is 5.92 Å². The number of rotatable bonds is 2. The van der Waals surface area contributed by atoms with Gasteiger partial charge in [-0.05, 0) is 25.8 Å². The van der Waals surface area contributed by atoms with Crippen LogP contribution < -0.4 is 5.73 Å². The van der Waals surface area contributed by atoms with Gasteiger partial charge in [0.1, 0.15) is 0 Å². The largest absolute Gasteiger partial charge is 0.330 e. The predicted octanol–water partition coefficient (Wildman–Crippen LogP) is 1.14. The van der Waals surface area contributed by atoms with E-state index in [2.05, 4.69) is 11.8 Å². The molecule has 0 saturated heterocycles. The van der Waals surface area contributed by atoms with Crippen LogP contribution in [-0.2, 0) is 0 Å². The van der Waals surface area contributed by atoms with Crippen molar-refractivity contribution < 1.29 is 0 Å². The third-order valence-corrected chi connectivity index (χ3v) is 1.68. The predicted molar refractivity (Wildman–Crippen MR) is 38.8 cm³/mol. The van der Waals surface area contributed by atoms with Crippen molar-refractivity contribution in [3.05, 3.63) is 0 Å². The minimum Gasteiger partial charge on any atom is -0.330 e. The van der Waals surface area contributed by atoms with E-state index < -0.39 is 0 Å². The van der Waals surface area contributed by atoms with Crippen LogP contribution in [0.15, 0.2) is 0 Å². The van der Waals surface area contributed by atoms with Gasteiger partial charge in [-0.2, -0.15) is 0 Å². The van der Waals surface area contributed by atoms with E-state index in [0.29, 0.717) is 5.92 Å². The molecular weight excluding hydrogens is 110 g/mol. The quantitative estimate of drug-likeness (QED) is 0.547. The van der Waals surface area contributed by atoms with Crippen LogP contribution in [0.25, 0.3) is 0 Å². The van der Waals surface area contributed by atoms with E-state index in [-0.39, 0.29) is 0 Å². The van der Waals surface area contributed by atoms with Crippen molar-refractivity contribution in [2.45, 2.75) is 25.7 Å². The maximum absolute atomic E-state index is 5.39. The SMILES string of the molecule is NCCC1C#CCCC1. The van der Waals surface area contributed by atoms with Gasteiger partial charge in [0.15, 0.2) is 0 Å². The first-order chi connectivity index (χ1) is 4.43. The molecule has 50 valence electrons. The molecule has 0 fully saturated rings. The molecule has 1 aliphatic rings. The highest BCUT2D eigenvalue weighted by Crippen LogP contribution is 2.14. The summed E-state index contributed by atoms with van der Waals surface area (Å²) in [5.41, 5.74) is 5.39. The normalized spacial score (nSPS) is 24.8. The van der Waals surface area contributed by atoms with Gasteiger partial charge in [0.05, 0.1) is 0 Å². The Kier molecular flexibility index (Phi) is 2.60. The molecule has 1 rings (SSSR count). The van der Waals surface area contributed by atoms with Crippen LogP contribution in [0.5, 0.6) is 0 Å². The van der Waals surface area contributed by atoms with E-state index >= 15 is 0 Å². The highest BCUT2D eigenvalue weighted by atomic mass is 14.5. The molecule has 9 heavy (non-hydrogen) atoms. The Morgan fingerprint density at radius 3 is 3.00 bits per heavy atom.